The number of nitrogens with one attached hydrogen (secondary N) is 1. The number of likely N-dealkylation sites (tertiary alicyclic amines) is 1. The van der Waals surface area contributed by atoms with E-state index in [1.807, 2.05) is 27.7 Å². The summed E-state index contributed by atoms with van der Waals surface area (Å²) in [7, 11) is -3.68. The number of rotatable bonds is 11. The van der Waals surface area contributed by atoms with Gasteiger partial charge in [-0.1, -0.05) is 17.7 Å². The third-order valence-electron chi connectivity index (χ3n) is 10.1. The number of nitrogens with zero attached hydrogens (tertiary/aromatic N) is 5. The first-order valence-corrected chi connectivity index (χ1v) is 18.8. The highest BCUT2D eigenvalue weighted by molar-refractivity contribution is 7.89. The van der Waals surface area contributed by atoms with Crippen molar-refractivity contribution in [1.82, 2.24) is 24.5 Å². The summed E-state index contributed by atoms with van der Waals surface area (Å²) in [4.78, 5) is 28.2. The second-order valence-corrected chi connectivity index (χ2v) is 15.9. The topological polar surface area (TPSA) is 137 Å². The maximum absolute atomic E-state index is 14.3. The van der Waals surface area contributed by atoms with Gasteiger partial charge in [0.05, 0.1) is 29.8 Å². The number of aryl methyl sites for hydroxylation is 1. The van der Waals surface area contributed by atoms with E-state index in [2.05, 4.69) is 24.5 Å². The van der Waals surface area contributed by atoms with Crippen LogP contribution in [-0.4, -0.2) is 103 Å². The van der Waals surface area contributed by atoms with Gasteiger partial charge in [0.15, 0.2) is 17.4 Å². The Bertz CT molecular complexity index is 1770. The number of amides is 1. The lowest BCUT2D eigenvalue weighted by molar-refractivity contribution is -0.239. The molecule has 3 saturated heterocycles. The molecule has 0 unspecified atom stereocenters. The van der Waals surface area contributed by atoms with Gasteiger partial charge in [-0.3, -0.25) is 9.69 Å². The number of benzene rings is 2. The van der Waals surface area contributed by atoms with E-state index in [0.717, 1.165) is 44.6 Å². The van der Waals surface area contributed by atoms with E-state index >= 15 is 0 Å². The number of carbonyl (C=O) groups excluding carboxylic acids is 1. The molecule has 3 fully saturated rings. The summed E-state index contributed by atoms with van der Waals surface area (Å²) in [5.41, 5.74) is 1.21. The van der Waals surface area contributed by atoms with E-state index < -0.39 is 27.7 Å². The predicted molar refractivity (Wildman–Crippen MR) is 186 cm³/mol. The molecule has 3 aromatic rings. The smallest absolute Gasteiger partial charge is 0.257 e. The second-order valence-electron chi connectivity index (χ2n) is 14.2. The van der Waals surface area contributed by atoms with E-state index in [1.165, 1.54) is 24.5 Å². The first kappa shape index (κ1) is 36.1. The maximum Gasteiger partial charge on any atom is 0.257 e. The summed E-state index contributed by atoms with van der Waals surface area (Å²) >= 11 is 0. The molecule has 2 N–H and O–H groups in total. The van der Waals surface area contributed by atoms with E-state index in [-0.39, 0.29) is 40.2 Å². The van der Waals surface area contributed by atoms with Crippen molar-refractivity contribution >= 4 is 21.7 Å². The zero-order valence-electron chi connectivity index (χ0n) is 29.1. The van der Waals surface area contributed by atoms with Crippen molar-refractivity contribution in [3.8, 4) is 11.5 Å². The number of hydrogen-bond donors (Lipinski definition) is 2. The maximum atomic E-state index is 14.3. The van der Waals surface area contributed by atoms with Crippen LogP contribution in [-0.2, 0) is 14.8 Å². The fourth-order valence-electron chi connectivity index (χ4n) is 7.19. The molecule has 12 nitrogen and oxygen atoms in total. The fourth-order valence-corrected chi connectivity index (χ4v) is 8.45. The molecule has 0 aliphatic carbocycles. The zero-order chi connectivity index (χ0) is 35.7. The van der Waals surface area contributed by atoms with Gasteiger partial charge in [0, 0.05) is 43.6 Å². The van der Waals surface area contributed by atoms with Crippen LogP contribution in [0.2, 0.25) is 0 Å². The summed E-state index contributed by atoms with van der Waals surface area (Å²) in [6, 6.07) is 10.2. The molecule has 50 heavy (non-hydrogen) atoms. The second kappa shape index (κ2) is 14.5. The number of aliphatic hydroxyl groups is 1. The van der Waals surface area contributed by atoms with E-state index in [9.17, 15) is 22.7 Å². The lowest BCUT2D eigenvalue weighted by atomic mass is 9.72. The Balaban J connectivity index is 1.02. The average molecular weight is 711 g/mol. The molecule has 6 rings (SSSR count). The molecule has 3 aliphatic heterocycles. The van der Waals surface area contributed by atoms with Crippen LogP contribution in [0.25, 0.3) is 0 Å². The van der Waals surface area contributed by atoms with Crippen LogP contribution in [0.3, 0.4) is 0 Å². The number of β-amino-alcohol motifs (C(OH)–C–C–N with tert-alkyl or cyclic N) is 1. The number of sulfonamides is 1. The van der Waals surface area contributed by atoms with Crippen LogP contribution in [0.1, 0.15) is 62.4 Å². The molecule has 3 aliphatic rings. The van der Waals surface area contributed by atoms with Crippen LogP contribution in [0.5, 0.6) is 11.5 Å². The summed E-state index contributed by atoms with van der Waals surface area (Å²) in [6.07, 6.45) is 5.69. The molecule has 0 saturated carbocycles. The standard InChI is InChI=1S/C36H47FN6O6S/c1-5-43(25(2)3)34(44)30-18-27(37)8-11-31(30)49-32-19-38-24-39-33(32)42-21-35(22-42)14-16-41(17-15-35)23-36(45)13-12-28(20-48-36)40-50(46,47)29-9-6-26(4)7-10-29/h6-11,18-19,24-25,28,40,45H,5,12-17,20-23H2,1-4H3/t28-,36-/m1/s1. The predicted octanol–water partition coefficient (Wildman–Crippen LogP) is 4.34. The van der Waals surface area contributed by atoms with E-state index in [4.69, 9.17) is 9.47 Å². The van der Waals surface area contributed by atoms with Crippen LogP contribution in [0.15, 0.2) is 59.9 Å². The monoisotopic (exact) mass is 710 g/mol. The van der Waals surface area contributed by atoms with Gasteiger partial charge in [0.2, 0.25) is 10.0 Å². The highest BCUT2D eigenvalue weighted by Crippen LogP contribution is 2.45. The van der Waals surface area contributed by atoms with Crippen molar-refractivity contribution in [2.24, 2.45) is 5.41 Å². The zero-order valence-corrected chi connectivity index (χ0v) is 30.0. The average Bonchev–Trinajstić information content (AvgIpc) is 3.07. The molecule has 0 bridgehead atoms. The third-order valence-corrected chi connectivity index (χ3v) is 11.6. The Morgan fingerprint density at radius 3 is 2.50 bits per heavy atom. The molecule has 2 atom stereocenters. The first-order valence-electron chi connectivity index (χ1n) is 17.3. The Morgan fingerprint density at radius 1 is 1.14 bits per heavy atom. The summed E-state index contributed by atoms with van der Waals surface area (Å²) in [5, 5.41) is 11.2. The minimum absolute atomic E-state index is 0.0634. The van der Waals surface area contributed by atoms with Crippen LogP contribution >= 0.6 is 0 Å². The van der Waals surface area contributed by atoms with Crippen LogP contribution in [0, 0.1) is 18.2 Å². The lowest BCUT2D eigenvalue weighted by Gasteiger charge is -2.55. The molecule has 1 spiro atoms. The van der Waals surface area contributed by atoms with Crippen molar-refractivity contribution in [2.75, 3.05) is 50.8 Å². The number of carbonyl (C=O) groups is 1. The van der Waals surface area contributed by atoms with E-state index in [0.29, 0.717) is 37.5 Å². The number of anilines is 1. The Morgan fingerprint density at radius 2 is 1.86 bits per heavy atom. The van der Waals surface area contributed by atoms with Crippen molar-refractivity contribution in [1.29, 1.82) is 0 Å². The number of piperidine rings is 1. The molecule has 14 heteroatoms. The van der Waals surface area contributed by atoms with Gasteiger partial charge in [0.25, 0.3) is 5.91 Å². The van der Waals surface area contributed by atoms with Gasteiger partial charge in [-0.2, -0.15) is 0 Å². The number of ether oxygens (including phenoxy) is 2. The normalized spacial score (nSPS) is 22.4. The van der Waals surface area contributed by atoms with Gasteiger partial charge in [-0.05, 0) is 90.4 Å². The van der Waals surface area contributed by atoms with Crippen LogP contribution in [0.4, 0.5) is 10.2 Å². The Labute approximate surface area is 293 Å². The quantitative estimate of drug-likeness (QED) is 0.296. The SMILES string of the molecule is CCN(C(=O)c1cc(F)ccc1Oc1cncnc1N1CC2(CCN(C[C@@]3(O)CC[C@@H](NS(=O)(=O)c4ccc(C)cc4)CO3)CC2)C1)C(C)C. The number of aromatic nitrogens is 2. The fraction of sp³-hybridized carbons (Fsp3) is 0.528. The molecule has 4 heterocycles. The highest BCUT2D eigenvalue weighted by atomic mass is 32.2. The lowest BCUT2D eigenvalue weighted by Crippen LogP contribution is -2.62. The van der Waals surface area contributed by atoms with Crippen molar-refractivity contribution in [3.63, 3.8) is 0 Å². The highest BCUT2D eigenvalue weighted by Gasteiger charge is 2.47. The molecule has 0 radical (unpaired) electrons. The number of hydrogen-bond acceptors (Lipinski definition) is 10. The first-order chi connectivity index (χ1) is 23.8. The third kappa shape index (κ3) is 7.94. The Kier molecular flexibility index (Phi) is 10.5. The van der Waals surface area contributed by atoms with Gasteiger partial charge < -0.3 is 24.4 Å². The van der Waals surface area contributed by atoms with Gasteiger partial charge in [0.1, 0.15) is 17.9 Å². The van der Waals surface area contributed by atoms with Crippen molar-refractivity contribution in [3.05, 3.63) is 71.9 Å². The minimum Gasteiger partial charge on any atom is -0.451 e. The summed E-state index contributed by atoms with van der Waals surface area (Å²) in [6.45, 7) is 11.7. The van der Waals surface area contributed by atoms with Crippen molar-refractivity contribution < 1.29 is 32.2 Å². The molecule has 1 amide bonds. The summed E-state index contributed by atoms with van der Waals surface area (Å²) in [5.74, 6) is -0.912. The molecule has 1 aromatic heterocycles. The van der Waals surface area contributed by atoms with Crippen LogP contribution < -0.4 is 14.4 Å². The van der Waals surface area contributed by atoms with E-state index in [1.54, 1.807) is 35.4 Å². The largest absolute Gasteiger partial charge is 0.451 e. The van der Waals surface area contributed by atoms with Gasteiger partial charge >= 0.3 is 0 Å². The summed E-state index contributed by atoms with van der Waals surface area (Å²) < 4.78 is 54.8. The Hall–Kier alpha value is -3.69. The van der Waals surface area contributed by atoms with Crippen molar-refractivity contribution in [2.45, 2.75) is 76.1 Å². The molecule has 2 aromatic carbocycles. The molecular weight excluding hydrogens is 663 g/mol. The molecular formula is C36H47FN6O6S. The molecule has 270 valence electrons. The minimum atomic E-state index is -3.68. The van der Waals surface area contributed by atoms with Gasteiger partial charge in [-0.25, -0.2) is 27.5 Å². The number of halogens is 1. The van der Waals surface area contributed by atoms with Gasteiger partial charge in [-0.15, -0.1) is 0 Å².